The van der Waals surface area contributed by atoms with Crippen molar-refractivity contribution < 1.29 is 9.21 Å². The lowest BCUT2D eigenvalue weighted by Crippen LogP contribution is -2.15. The molecule has 9 nitrogen and oxygen atoms in total. The Hall–Kier alpha value is -3.27. The smallest absolute Gasteiger partial charge is 0.257 e. The van der Waals surface area contributed by atoms with Crippen LogP contribution in [0.2, 0.25) is 0 Å². The van der Waals surface area contributed by atoms with Crippen LogP contribution < -0.4 is 5.32 Å². The molecule has 1 aromatic carbocycles. The number of aromatic nitrogens is 6. The fourth-order valence-corrected chi connectivity index (χ4v) is 2.72. The molecule has 0 saturated carbocycles. The van der Waals surface area contributed by atoms with Gasteiger partial charge in [-0.3, -0.25) is 4.79 Å². The number of hydrogen-bond donors (Lipinski definition) is 1. The number of nitrogens with one attached hydrogen (secondary N) is 1. The number of hydrogen-bond acceptors (Lipinski definition) is 8. The summed E-state index contributed by atoms with van der Waals surface area (Å²) in [5, 5.41) is 7.13. The van der Waals surface area contributed by atoms with Crippen molar-refractivity contribution in [3.8, 4) is 5.82 Å². The van der Waals surface area contributed by atoms with E-state index in [1.54, 1.807) is 6.07 Å². The van der Waals surface area contributed by atoms with Crippen LogP contribution in [0.4, 0.5) is 5.82 Å². The summed E-state index contributed by atoms with van der Waals surface area (Å²) in [6.45, 7) is 0. The number of thioether (sulfide) groups is 1. The zero-order chi connectivity index (χ0) is 17.1. The SMILES string of the molecule is O=C(CSc1nc2ccccc2o1)Nc1cc(-n2cncn2)ncn1. The Bertz CT molecular complexity index is 983. The highest BCUT2D eigenvalue weighted by Crippen LogP contribution is 2.23. The molecule has 0 atom stereocenters. The molecule has 0 saturated heterocycles. The third kappa shape index (κ3) is 3.48. The summed E-state index contributed by atoms with van der Waals surface area (Å²) in [7, 11) is 0. The number of para-hydroxylation sites is 2. The first-order valence-electron chi connectivity index (χ1n) is 7.23. The first kappa shape index (κ1) is 15.3. The maximum Gasteiger partial charge on any atom is 0.257 e. The Balaban J connectivity index is 1.39. The lowest BCUT2D eigenvalue weighted by Gasteiger charge is -2.04. The van der Waals surface area contributed by atoms with Crippen LogP contribution in [0.5, 0.6) is 0 Å². The van der Waals surface area contributed by atoms with Crippen LogP contribution in [0.25, 0.3) is 16.9 Å². The highest BCUT2D eigenvalue weighted by Gasteiger charge is 2.10. The van der Waals surface area contributed by atoms with Crippen LogP contribution in [-0.2, 0) is 4.79 Å². The van der Waals surface area contributed by atoms with Crippen molar-refractivity contribution in [2.75, 3.05) is 11.1 Å². The second-order valence-electron chi connectivity index (χ2n) is 4.89. The van der Waals surface area contributed by atoms with Crippen molar-refractivity contribution in [3.05, 3.63) is 49.3 Å². The van der Waals surface area contributed by atoms with Gasteiger partial charge in [-0.25, -0.2) is 24.6 Å². The van der Waals surface area contributed by atoms with E-state index in [9.17, 15) is 4.79 Å². The summed E-state index contributed by atoms with van der Waals surface area (Å²) in [5.41, 5.74) is 1.46. The number of nitrogens with zero attached hydrogens (tertiary/aromatic N) is 6. The second kappa shape index (κ2) is 6.69. The average molecular weight is 353 g/mol. The van der Waals surface area contributed by atoms with Crippen molar-refractivity contribution in [1.82, 2.24) is 29.7 Å². The van der Waals surface area contributed by atoms with Gasteiger partial charge in [-0.15, -0.1) is 0 Å². The van der Waals surface area contributed by atoms with E-state index in [0.717, 1.165) is 5.52 Å². The molecule has 0 aliphatic carbocycles. The minimum Gasteiger partial charge on any atom is -0.431 e. The molecule has 1 amide bonds. The topological polar surface area (TPSA) is 112 Å². The lowest BCUT2D eigenvalue weighted by atomic mass is 10.3. The van der Waals surface area contributed by atoms with Crippen molar-refractivity contribution >= 4 is 34.6 Å². The molecule has 0 aliphatic rings. The summed E-state index contributed by atoms with van der Waals surface area (Å²) < 4.78 is 7.04. The minimum atomic E-state index is -0.226. The van der Waals surface area contributed by atoms with E-state index in [1.165, 1.54) is 35.4 Å². The van der Waals surface area contributed by atoms with Gasteiger partial charge in [0.25, 0.3) is 5.22 Å². The predicted octanol–water partition coefficient (Wildman–Crippen LogP) is 1.93. The molecule has 10 heteroatoms. The fraction of sp³-hybridized carbons (Fsp3) is 0.0667. The van der Waals surface area contributed by atoms with Crippen molar-refractivity contribution in [3.63, 3.8) is 0 Å². The zero-order valence-electron chi connectivity index (χ0n) is 12.7. The molecule has 0 radical (unpaired) electrons. The molecule has 3 aromatic heterocycles. The van der Waals surface area contributed by atoms with E-state index >= 15 is 0 Å². The van der Waals surface area contributed by atoms with Crippen LogP contribution in [-0.4, -0.2) is 41.4 Å². The highest BCUT2D eigenvalue weighted by molar-refractivity contribution is 7.99. The third-order valence-corrected chi connectivity index (χ3v) is 4.00. The molecule has 25 heavy (non-hydrogen) atoms. The summed E-state index contributed by atoms with van der Waals surface area (Å²) in [6.07, 6.45) is 4.26. The minimum absolute atomic E-state index is 0.148. The predicted molar refractivity (Wildman–Crippen MR) is 90.3 cm³/mol. The van der Waals surface area contributed by atoms with Gasteiger partial charge >= 0.3 is 0 Å². The van der Waals surface area contributed by atoms with Gasteiger partial charge in [0.15, 0.2) is 11.4 Å². The molecule has 0 unspecified atom stereocenters. The number of benzene rings is 1. The van der Waals surface area contributed by atoms with E-state index in [2.05, 4.69) is 30.4 Å². The van der Waals surface area contributed by atoms with Crippen LogP contribution in [0.1, 0.15) is 0 Å². The lowest BCUT2D eigenvalue weighted by molar-refractivity contribution is -0.113. The summed E-state index contributed by atoms with van der Waals surface area (Å²) in [6, 6.07) is 9.05. The maximum absolute atomic E-state index is 12.1. The number of amides is 1. The average Bonchev–Trinajstić information content (AvgIpc) is 3.29. The van der Waals surface area contributed by atoms with Gasteiger partial charge in [0.1, 0.15) is 30.3 Å². The molecule has 0 bridgehead atoms. The van der Waals surface area contributed by atoms with Gasteiger partial charge in [0.2, 0.25) is 5.91 Å². The number of anilines is 1. The van der Waals surface area contributed by atoms with E-state index in [0.29, 0.717) is 22.4 Å². The number of fused-ring (bicyclic) bond motifs is 1. The highest BCUT2D eigenvalue weighted by atomic mass is 32.2. The Kier molecular flexibility index (Phi) is 4.09. The second-order valence-corrected chi connectivity index (χ2v) is 5.81. The number of carbonyl (C=O) groups is 1. The quantitative estimate of drug-likeness (QED) is 0.542. The molecule has 4 aromatic rings. The molecule has 0 fully saturated rings. The Morgan fingerprint density at radius 3 is 3.00 bits per heavy atom. The standard InChI is InChI=1S/C15H11N7O2S/c23-14(6-25-15-20-10-3-1-2-4-11(10)24-15)21-12-5-13(18-8-17-12)22-9-16-7-19-22/h1-5,7-9H,6H2,(H,17,18,21,23). The Morgan fingerprint density at radius 1 is 1.24 bits per heavy atom. The number of rotatable bonds is 5. The van der Waals surface area contributed by atoms with E-state index in [1.807, 2.05) is 24.3 Å². The molecule has 1 N–H and O–H groups in total. The van der Waals surface area contributed by atoms with Gasteiger partial charge in [-0.1, -0.05) is 23.9 Å². The zero-order valence-corrected chi connectivity index (χ0v) is 13.6. The number of oxazole rings is 1. The van der Waals surface area contributed by atoms with Gasteiger partial charge < -0.3 is 9.73 Å². The van der Waals surface area contributed by atoms with Crippen LogP contribution in [0.3, 0.4) is 0 Å². The normalized spacial score (nSPS) is 10.9. The Morgan fingerprint density at radius 2 is 2.16 bits per heavy atom. The van der Waals surface area contributed by atoms with Crippen LogP contribution >= 0.6 is 11.8 Å². The van der Waals surface area contributed by atoms with Crippen LogP contribution in [0, 0.1) is 0 Å². The first-order valence-corrected chi connectivity index (χ1v) is 8.22. The molecular formula is C15H11N7O2S. The Labute approximate surface area is 145 Å². The largest absolute Gasteiger partial charge is 0.431 e. The van der Waals surface area contributed by atoms with E-state index < -0.39 is 0 Å². The molecule has 124 valence electrons. The van der Waals surface area contributed by atoms with Crippen molar-refractivity contribution in [1.29, 1.82) is 0 Å². The van der Waals surface area contributed by atoms with Gasteiger partial charge in [-0.05, 0) is 12.1 Å². The van der Waals surface area contributed by atoms with E-state index in [-0.39, 0.29) is 11.7 Å². The molecule has 3 heterocycles. The maximum atomic E-state index is 12.1. The molecule has 4 rings (SSSR count). The van der Waals surface area contributed by atoms with Gasteiger partial charge in [0.05, 0.1) is 5.75 Å². The third-order valence-electron chi connectivity index (χ3n) is 3.17. The summed E-state index contributed by atoms with van der Waals surface area (Å²) in [5.74, 6) is 0.809. The first-order chi connectivity index (χ1) is 12.3. The van der Waals surface area contributed by atoms with E-state index in [4.69, 9.17) is 4.42 Å². The van der Waals surface area contributed by atoms with Crippen molar-refractivity contribution in [2.45, 2.75) is 5.22 Å². The molecular weight excluding hydrogens is 342 g/mol. The molecule has 0 spiro atoms. The van der Waals surface area contributed by atoms with Crippen molar-refractivity contribution in [2.24, 2.45) is 0 Å². The summed E-state index contributed by atoms with van der Waals surface area (Å²) >= 11 is 1.21. The summed E-state index contributed by atoms with van der Waals surface area (Å²) in [4.78, 5) is 28.4. The number of carbonyl (C=O) groups excluding carboxylic acids is 1. The molecule has 0 aliphatic heterocycles. The van der Waals surface area contributed by atoms with Crippen LogP contribution in [0.15, 0.2) is 59.0 Å². The van der Waals surface area contributed by atoms with Gasteiger partial charge in [0, 0.05) is 6.07 Å². The fourth-order valence-electron chi connectivity index (χ4n) is 2.09. The monoisotopic (exact) mass is 353 g/mol. The van der Waals surface area contributed by atoms with Gasteiger partial charge in [-0.2, -0.15) is 5.10 Å².